The minimum absolute atomic E-state index is 0.0845. The molecule has 3 N–H and O–H groups in total. The van der Waals surface area contributed by atoms with Crippen molar-refractivity contribution >= 4 is 11.3 Å². The molecule has 15 heavy (non-hydrogen) atoms. The van der Waals surface area contributed by atoms with Gasteiger partial charge in [-0.3, -0.25) is 5.84 Å². The molecule has 0 aliphatic rings. The number of aromatic nitrogens is 3. The Hall–Kier alpha value is -1.37. The lowest BCUT2D eigenvalue weighted by Crippen LogP contribution is -2.28. The van der Waals surface area contributed by atoms with Crippen molar-refractivity contribution in [3.63, 3.8) is 0 Å². The Balaban J connectivity index is 2.37. The van der Waals surface area contributed by atoms with Crippen LogP contribution in [0.15, 0.2) is 24.2 Å². The third kappa shape index (κ3) is 2.01. The first-order chi connectivity index (χ1) is 7.33. The van der Waals surface area contributed by atoms with Crippen molar-refractivity contribution in [2.75, 3.05) is 0 Å². The minimum atomic E-state index is -0.0845. The van der Waals surface area contributed by atoms with Crippen LogP contribution in [-0.4, -0.2) is 15.0 Å². The highest BCUT2D eigenvalue weighted by Gasteiger charge is 2.16. The largest absolute Gasteiger partial charge is 0.271 e. The Kier molecular flexibility index (Phi) is 3.00. The van der Waals surface area contributed by atoms with Crippen LogP contribution in [0.1, 0.15) is 22.2 Å². The second-order valence-electron chi connectivity index (χ2n) is 3.07. The SMILES string of the molecule is Cc1ncsc1C(NN)c1cncnc1. The van der Waals surface area contributed by atoms with Crippen LogP contribution in [0.5, 0.6) is 0 Å². The zero-order chi connectivity index (χ0) is 10.7. The van der Waals surface area contributed by atoms with Crippen LogP contribution in [0, 0.1) is 6.92 Å². The maximum atomic E-state index is 5.54. The van der Waals surface area contributed by atoms with Gasteiger partial charge in [0.15, 0.2) is 0 Å². The summed E-state index contributed by atoms with van der Waals surface area (Å²) in [6, 6.07) is -0.0845. The van der Waals surface area contributed by atoms with E-state index in [0.29, 0.717) is 0 Å². The molecule has 2 rings (SSSR count). The molecular weight excluding hydrogens is 210 g/mol. The maximum Gasteiger partial charge on any atom is 0.115 e. The summed E-state index contributed by atoms with van der Waals surface area (Å²) in [6.07, 6.45) is 4.99. The first kappa shape index (κ1) is 10.2. The molecule has 0 radical (unpaired) electrons. The van der Waals surface area contributed by atoms with Crippen LogP contribution in [0.4, 0.5) is 0 Å². The van der Waals surface area contributed by atoms with Crippen molar-refractivity contribution in [3.8, 4) is 0 Å². The van der Waals surface area contributed by atoms with Gasteiger partial charge in [0.25, 0.3) is 0 Å². The smallest absolute Gasteiger partial charge is 0.115 e. The quantitative estimate of drug-likeness (QED) is 0.592. The molecule has 6 heteroatoms. The number of rotatable bonds is 3. The second kappa shape index (κ2) is 4.43. The van der Waals surface area contributed by atoms with Crippen molar-refractivity contribution in [2.45, 2.75) is 13.0 Å². The molecule has 2 aromatic rings. The van der Waals surface area contributed by atoms with Crippen LogP contribution >= 0.6 is 11.3 Å². The summed E-state index contributed by atoms with van der Waals surface area (Å²) in [5.74, 6) is 5.54. The monoisotopic (exact) mass is 221 g/mol. The second-order valence-corrected chi connectivity index (χ2v) is 3.96. The van der Waals surface area contributed by atoms with E-state index < -0.39 is 0 Å². The van der Waals surface area contributed by atoms with Gasteiger partial charge in [-0.1, -0.05) is 0 Å². The van der Waals surface area contributed by atoms with Crippen LogP contribution < -0.4 is 11.3 Å². The highest BCUT2D eigenvalue weighted by Crippen LogP contribution is 2.26. The van der Waals surface area contributed by atoms with Gasteiger partial charge in [0.05, 0.1) is 22.1 Å². The van der Waals surface area contributed by atoms with E-state index in [2.05, 4.69) is 20.4 Å². The molecule has 0 aromatic carbocycles. The standard InChI is InChI=1S/C9H11N5S/c1-6-9(15-5-13-6)8(14-10)7-2-11-4-12-3-7/h2-5,8,14H,10H2,1H3. The molecule has 0 aliphatic carbocycles. The normalized spacial score (nSPS) is 12.7. The van der Waals surface area contributed by atoms with E-state index in [9.17, 15) is 0 Å². The summed E-state index contributed by atoms with van der Waals surface area (Å²) < 4.78 is 0. The molecular formula is C9H11N5S. The van der Waals surface area contributed by atoms with Gasteiger partial charge in [-0.2, -0.15) is 0 Å². The van der Waals surface area contributed by atoms with Crippen molar-refractivity contribution in [1.82, 2.24) is 20.4 Å². The fourth-order valence-electron chi connectivity index (χ4n) is 1.37. The maximum absolute atomic E-state index is 5.54. The van der Waals surface area contributed by atoms with Gasteiger partial charge in [-0.25, -0.2) is 20.4 Å². The van der Waals surface area contributed by atoms with Crippen molar-refractivity contribution in [1.29, 1.82) is 0 Å². The van der Waals surface area contributed by atoms with Gasteiger partial charge in [-0.15, -0.1) is 11.3 Å². The number of nitrogens with two attached hydrogens (primary N) is 1. The first-order valence-electron chi connectivity index (χ1n) is 4.44. The van der Waals surface area contributed by atoms with Gasteiger partial charge < -0.3 is 0 Å². The lowest BCUT2D eigenvalue weighted by molar-refractivity contribution is 0.637. The third-order valence-electron chi connectivity index (χ3n) is 2.13. The Morgan fingerprint density at radius 1 is 1.40 bits per heavy atom. The number of hydrogen-bond acceptors (Lipinski definition) is 6. The Morgan fingerprint density at radius 3 is 2.67 bits per heavy atom. The Morgan fingerprint density at radius 2 is 2.13 bits per heavy atom. The van der Waals surface area contributed by atoms with E-state index in [4.69, 9.17) is 5.84 Å². The van der Waals surface area contributed by atoms with Crippen molar-refractivity contribution < 1.29 is 0 Å². The predicted octanol–water partition coefficient (Wildman–Crippen LogP) is 0.794. The molecule has 0 saturated carbocycles. The summed E-state index contributed by atoms with van der Waals surface area (Å²) in [6.45, 7) is 1.96. The number of nitrogens with zero attached hydrogens (tertiary/aromatic N) is 3. The van der Waals surface area contributed by atoms with Gasteiger partial charge in [0, 0.05) is 18.0 Å². The molecule has 1 atom stereocenters. The first-order valence-corrected chi connectivity index (χ1v) is 5.32. The fraction of sp³-hybridized carbons (Fsp3) is 0.222. The highest BCUT2D eigenvalue weighted by atomic mass is 32.1. The zero-order valence-corrected chi connectivity index (χ0v) is 9.03. The fourth-order valence-corrected chi connectivity index (χ4v) is 2.26. The van der Waals surface area contributed by atoms with E-state index in [-0.39, 0.29) is 6.04 Å². The minimum Gasteiger partial charge on any atom is -0.271 e. The van der Waals surface area contributed by atoms with Gasteiger partial charge in [0.2, 0.25) is 0 Å². The molecule has 5 nitrogen and oxygen atoms in total. The van der Waals surface area contributed by atoms with E-state index in [1.165, 1.54) is 6.33 Å². The molecule has 2 heterocycles. The molecule has 0 saturated heterocycles. The van der Waals surface area contributed by atoms with Crippen LogP contribution in [0.3, 0.4) is 0 Å². The predicted molar refractivity (Wildman–Crippen MR) is 58.0 cm³/mol. The number of thiazole rings is 1. The lowest BCUT2D eigenvalue weighted by Gasteiger charge is -2.13. The van der Waals surface area contributed by atoms with Gasteiger partial charge in [-0.05, 0) is 6.92 Å². The van der Waals surface area contributed by atoms with E-state index in [1.807, 2.05) is 6.92 Å². The Bertz CT molecular complexity index is 427. The van der Waals surface area contributed by atoms with Crippen LogP contribution in [-0.2, 0) is 0 Å². The Labute approximate surface area is 91.4 Å². The summed E-state index contributed by atoms with van der Waals surface area (Å²) in [7, 11) is 0. The number of hydrogen-bond donors (Lipinski definition) is 2. The van der Waals surface area contributed by atoms with E-state index in [1.54, 1.807) is 29.2 Å². The molecule has 2 aromatic heterocycles. The summed E-state index contributed by atoms with van der Waals surface area (Å²) in [4.78, 5) is 13.2. The van der Waals surface area contributed by atoms with Crippen LogP contribution in [0.25, 0.3) is 0 Å². The third-order valence-corrected chi connectivity index (χ3v) is 3.12. The topological polar surface area (TPSA) is 76.7 Å². The molecule has 0 aliphatic heterocycles. The highest BCUT2D eigenvalue weighted by molar-refractivity contribution is 7.09. The number of hydrazine groups is 1. The average molecular weight is 221 g/mol. The molecule has 0 bridgehead atoms. The molecule has 0 spiro atoms. The number of aryl methyl sites for hydroxylation is 1. The van der Waals surface area contributed by atoms with Gasteiger partial charge >= 0.3 is 0 Å². The summed E-state index contributed by atoms with van der Waals surface area (Å²) >= 11 is 1.57. The average Bonchev–Trinajstić information content (AvgIpc) is 2.68. The molecule has 78 valence electrons. The van der Waals surface area contributed by atoms with E-state index >= 15 is 0 Å². The molecule has 0 amide bonds. The molecule has 1 unspecified atom stereocenters. The van der Waals surface area contributed by atoms with E-state index in [0.717, 1.165) is 16.1 Å². The van der Waals surface area contributed by atoms with Crippen LogP contribution in [0.2, 0.25) is 0 Å². The molecule has 0 fully saturated rings. The number of nitrogens with one attached hydrogen (secondary N) is 1. The van der Waals surface area contributed by atoms with Gasteiger partial charge in [0.1, 0.15) is 6.33 Å². The summed E-state index contributed by atoms with van der Waals surface area (Å²) in [5, 5.41) is 0. The van der Waals surface area contributed by atoms with Crippen molar-refractivity contribution in [2.24, 2.45) is 5.84 Å². The summed E-state index contributed by atoms with van der Waals surface area (Å²) in [5.41, 5.74) is 6.47. The van der Waals surface area contributed by atoms with Crippen molar-refractivity contribution in [3.05, 3.63) is 40.4 Å². The zero-order valence-electron chi connectivity index (χ0n) is 8.21. The lowest BCUT2D eigenvalue weighted by atomic mass is 10.1.